The summed E-state index contributed by atoms with van der Waals surface area (Å²) < 4.78 is 21.6. The minimum atomic E-state index is -1.01. The SMILES string of the molecule is CCC(C)(C)C(=O)OC[C@H](C)OC(=O)[C@@H](N)Cc1ccc(OC(=O)CCC(C)C)c(OC(=O)CCC(C)C)c1. The van der Waals surface area contributed by atoms with E-state index in [1.807, 2.05) is 34.6 Å². The lowest BCUT2D eigenvalue weighted by molar-refractivity contribution is -0.164. The highest BCUT2D eigenvalue weighted by Crippen LogP contribution is 2.30. The molecule has 220 valence electrons. The first-order valence-corrected chi connectivity index (χ1v) is 13.8. The summed E-state index contributed by atoms with van der Waals surface area (Å²) in [5, 5.41) is 0. The van der Waals surface area contributed by atoms with Gasteiger partial charge in [0.1, 0.15) is 18.8 Å². The standard InChI is InChI=1S/C30H47NO8/c1-9-30(7,8)29(35)36-18-21(6)37-28(34)23(31)16-22-12-13-24(38-26(32)14-10-19(2)3)25(17-22)39-27(33)15-11-20(4)5/h12-13,17,19-21,23H,9-11,14-16,18,31H2,1-8H3/t21-,23-/m0/s1. The molecule has 2 atom stereocenters. The zero-order valence-corrected chi connectivity index (χ0v) is 24.8. The van der Waals surface area contributed by atoms with Crippen LogP contribution in [0.2, 0.25) is 0 Å². The zero-order valence-electron chi connectivity index (χ0n) is 24.8. The minimum Gasteiger partial charge on any atom is -0.461 e. The molecule has 0 aliphatic carbocycles. The highest BCUT2D eigenvalue weighted by atomic mass is 16.6. The largest absolute Gasteiger partial charge is 0.461 e. The molecule has 9 heteroatoms. The zero-order chi connectivity index (χ0) is 29.8. The lowest BCUT2D eigenvalue weighted by Crippen LogP contribution is -2.38. The lowest BCUT2D eigenvalue weighted by atomic mass is 9.91. The Morgan fingerprint density at radius 2 is 1.41 bits per heavy atom. The number of carbonyl (C=O) groups is 4. The van der Waals surface area contributed by atoms with Crippen LogP contribution in [-0.2, 0) is 35.1 Å². The molecule has 0 fully saturated rings. The first-order valence-electron chi connectivity index (χ1n) is 13.8. The second-order valence-corrected chi connectivity index (χ2v) is 11.5. The Labute approximate surface area is 233 Å². The number of esters is 4. The van der Waals surface area contributed by atoms with Crippen LogP contribution in [0, 0.1) is 17.3 Å². The Morgan fingerprint density at radius 1 is 0.872 bits per heavy atom. The van der Waals surface area contributed by atoms with Gasteiger partial charge in [0.25, 0.3) is 0 Å². The molecule has 0 saturated carbocycles. The van der Waals surface area contributed by atoms with E-state index in [2.05, 4.69) is 0 Å². The van der Waals surface area contributed by atoms with Crippen LogP contribution in [0.15, 0.2) is 18.2 Å². The van der Waals surface area contributed by atoms with Gasteiger partial charge in [-0.3, -0.25) is 19.2 Å². The van der Waals surface area contributed by atoms with Crippen molar-refractivity contribution >= 4 is 23.9 Å². The van der Waals surface area contributed by atoms with Gasteiger partial charge in [-0.1, -0.05) is 40.7 Å². The van der Waals surface area contributed by atoms with Gasteiger partial charge in [0.2, 0.25) is 0 Å². The van der Waals surface area contributed by atoms with E-state index in [1.165, 1.54) is 6.07 Å². The average Bonchev–Trinajstić information content (AvgIpc) is 2.86. The topological polar surface area (TPSA) is 131 Å². The van der Waals surface area contributed by atoms with Gasteiger partial charge < -0.3 is 24.7 Å². The monoisotopic (exact) mass is 549 g/mol. The van der Waals surface area contributed by atoms with Crippen LogP contribution in [0.25, 0.3) is 0 Å². The summed E-state index contributed by atoms with van der Waals surface area (Å²) in [6.07, 6.45) is 1.81. The summed E-state index contributed by atoms with van der Waals surface area (Å²) in [6.45, 7) is 15.1. The maximum atomic E-state index is 12.6. The highest BCUT2D eigenvalue weighted by Gasteiger charge is 2.28. The van der Waals surface area contributed by atoms with E-state index >= 15 is 0 Å². The van der Waals surface area contributed by atoms with Gasteiger partial charge in [-0.15, -0.1) is 0 Å². The molecule has 2 N–H and O–H groups in total. The summed E-state index contributed by atoms with van der Waals surface area (Å²) in [5.41, 5.74) is 6.06. The number of carbonyl (C=O) groups excluding carboxylic acids is 4. The summed E-state index contributed by atoms with van der Waals surface area (Å²) in [7, 11) is 0. The molecule has 1 aromatic carbocycles. The number of ether oxygens (including phenoxy) is 4. The van der Waals surface area contributed by atoms with E-state index < -0.39 is 35.5 Å². The molecule has 0 unspecified atom stereocenters. The van der Waals surface area contributed by atoms with Gasteiger partial charge in [-0.2, -0.15) is 0 Å². The fraction of sp³-hybridized carbons (Fsp3) is 0.667. The fourth-order valence-corrected chi connectivity index (χ4v) is 3.19. The van der Waals surface area contributed by atoms with Crippen molar-refractivity contribution in [1.82, 2.24) is 0 Å². The first-order chi connectivity index (χ1) is 18.1. The first kappa shape index (κ1) is 34.1. The smallest absolute Gasteiger partial charge is 0.323 e. The van der Waals surface area contributed by atoms with Crippen molar-refractivity contribution in [1.29, 1.82) is 0 Å². The quantitative estimate of drug-likeness (QED) is 0.220. The number of nitrogens with two attached hydrogens (primary N) is 1. The molecule has 0 aliphatic rings. The van der Waals surface area contributed by atoms with Crippen molar-refractivity contribution in [2.45, 2.75) is 106 Å². The Balaban J connectivity index is 2.89. The third kappa shape index (κ3) is 13.1. The van der Waals surface area contributed by atoms with Crippen molar-refractivity contribution in [3.8, 4) is 11.5 Å². The number of hydrogen-bond donors (Lipinski definition) is 1. The van der Waals surface area contributed by atoms with Crippen molar-refractivity contribution in [2.24, 2.45) is 23.0 Å². The lowest BCUT2D eigenvalue weighted by Gasteiger charge is -2.22. The normalized spacial score (nSPS) is 13.1. The van der Waals surface area contributed by atoms with Crippen LogP contribution in [0.1, 0.15) is 93.1 Å². The molecule has 1 aromatic rings. The van der Waals surface area contributed by atoms with Crippen LogP contribution in [0.4, 0.5) is 0 Å². The van der Waals surface area contributed by atoms with Crippen LogP contribution in [0.5, 0.6) is 11.5 Å². The molecule has 0 radical (unpaired) electrons. The van der Waals surface area contributed by atoms with Crippen molar-refractivity contribution in [3.05, 3.63) is 23.8 Å². The predicted octanol–water partition coefficient (Wildman–Crippen LogP) is 5.15. The Hall–Kier alpha value is -2.94. The van der Waals surface area contributed by atoms with E-state index in [4.69, 9.17) is 24.7 Å². The number of benzene rings is 1. The van der Waals surface area contributed by atoms with Gasteiger partial charge in [-0.05, 0) is 76.0 Å². The maximum absolute atomic E-state index is 12.6. The second kappa shape index (κ2) is 16.2. The molecule has 0 spiro atoms. The maximum Gasteiger partial charge on any atom is 0.323 e. The summed E-state index contributed by atoms with van der Waals surface area (Å²) >= 11 is 0. The molecule has 39 heavy (non-hydrogen) atoms. The van der Waals surface area contributed by atoms with Gasteiger partial charge in [0, 0.05) is 12.8 Å². The predicted molar refractivity (Wildman–Crippen MR) is 148 cm³/mol. The molecule has 0 heterocycles. The minimum absolute atomic E-state index is 0.0753. The van der Waals surface area contributed by atoms with Crippen LogP contribution in [0.3, 0.4) is 0 Å². The van der Waals surface area contributed by atoms with Gasteiger partial charge in [-0.25, -0.2) is 0 Å². The van der Waals surface area contributed by atoms with Gasteiger partial charge in [0.05, 0.1) is 5.41 Å². The highest BCUT2D eigenvalue weighted by molar-refractivity contribution is 5.78. The van der Waals surface area contributed by atoms with E-state index in [9.17, 15) is 19.2 Å². The second-order valence-electron chi connectivity index (χ2n) is 11.5. The third-order valence-corrected chi connectivity index (χ3v) is 6.27. The van der Waals surface area contributed by atoms with E-state index in [0.29, 0.717) is 36.7 Å². The molecule has 0 aliphatic heterocycles. The molecule has 0 saturated heterocycles. The van der Waals surface area contributed by atoms with Crippen LogP contribution in [-0.4, -0.2) is 42.6 Å². The Kier molecular flexibility index (Phi) is 14.2. The van der Waals surface area contributed by atoms with Gasteiger partial charge in [0.15, 0.2) is 11.5 Å². The molecule has 0 bridgehead atoms. The molecule has 9 nitrogen and oxygen atoms in total. The van der Waals surface area contributed by atoms with E-state index in [1.54, 1.807) is 32.9 Å². The molecule has 0 amide bonds. The molecular formula is C30H47NO8. The summed E-state index contributed by atoms with van der Waals surface area (Å²) in [4.78, 5) is 49.5. The van der Waals surface area contributed by atoms with E-state index in [0.717, 1.165) is 0 Å². The van der Waals surface area contributed by atoms with Gasteiger partial charge >= 0.3 is 23.9 Å². The molecule has 0 aromatic heterocycles. The molecule has 1 rings (SSSR count). The fourth-order valence-electron chi connectivity index (χ4n) is 3.19. The van der Waals surface area contributed by atoms with Crippen LogP contribution >= 0.6 is 0 Å². The Morgan fingerprint density at radius 3 is 1.92 bits per heavy atom. The third-order valence-electron chi connectivity index (χ3n) is 6.27. The van der Waals surface area contributed by atoms with Crippen LogP contribution < -0.4 is 15.2 Å². The summed E-state index contributed by atoms with van der Waals surface area (Å²) in [6, 6.07) is 3.72. The van der Waals surface area contributed by atoms with E-state index in [-0.39, 0.29) is 43.3 Å². The average molecular weight is 550 g/mol. The van der Waals surface area contributed by atoms with Crippen molar-refractivity contribution in [3.63, 3.8) is 0 Å². The van der Waals surface area contributed by atoms with Crippen molar-refractivity contribution in [2.75, 3.05) is 6.61 Å². The van der Waals surface area contributed by atoms with Crippen molar-refractivity contribution < 1.29 is 38.1 Å². The number of hydrogen-bond acceptors (Lipinski definition) is 9. The Bertz CT molecular complexity index is 970. The summed E-state index contributed by atoms with van der Waals surface area (Å²) in [5.74, 6) is -0.999. The molecular weight excluding hydrogens is 502 g/mol. The number of rotatable bonds is 16.